The Morgan fingerprint density at radius 3 is 2.76 bits per heavy atom. The molecule has 21 heavy (non-hydrogen) atoms. The predicted molar refractivity (Wildman–Crippen MR) is 83.1 cm³/mol. The van der Waals surface area contributed by atoms with Crippen LogP contribution in [0.4, 0.5) is 5.95 Å². The minimum atomic E-state index is 0.423. The van der Waals surface area contributed by atoms with Gasteiger partial charge in [-0.1, -0.05) is 18.2 Å². The lowest BCUT2D eigenvalue weighted by molar-refractivity contribution is 0.219. The zero-order valence-electron chi connectivity index (χ0n) is 12.6. The van der Waals surface area contributed by atoms with E-state index in [4.69, 9.17) is 4.52 Å². The minimum Gasteiger partial charge on any atom is -0.349 e. The van der Waals surface area contributed by atoms with E-state index in [9.17, 15) is 0 Å². The Bertz CT molecular complexity index is 567. The fourth-order valence-corrected chi connectivity index (χ4v) is 2.93. The Kier molecular flexibility index (Phi) is 4.20. The lowest BCUT2D eigenvalue weighted by Crippen LogP contribution is -2.38. The highest BCUT2D eigenvalue weighted by atomic mass is 16.5. The molecule has 0 bridgehead atoms. The van der Waals surface area contributed by atoms with Gasteiger partial charge in [0.1, 0.15) is 0 Å². The number of anilines is 1. The van der Waals surface area contributed by atoms with Crippen molar-refractivity contribution >= 4 is 5.95 Å². The molecule has 0 saturated heterocycles. The zero-order chi connectivity index (χ0) is 14.7. The molecule has 1 saturated carbocycles. The van der Waals surface area contributed by atoms with Crippen LogP contribution in [-0.4, -0.2) is 41.2 Å². The molecule has 1 heterocycles. The van der Waals surface area contributed by atoms with Crippen LogP contribution in [0.15, 0.2) is 34.9 Å². The summed E-state index contributed by atoms with van der Waals surface area (Å²) in [5, 5.41) is 7.46. The third-order valence-electron chi connectivity index (χ3n) is 4.16. The van der Waals surface area contributed by atoms with Gasteiger partial charge in [-0.05, 0) is 57.1 Å². The van der Waals surface area contributed by atoms with E-state index < -0.39 is 0 Å². The summed E-state index contributed by atoms with van der Waals surface area (Å²) in [6.45, 7) is 0. The summed E-state index contributed by atoms with van der Waals surface area (Å²) in [5.74, 6) is 1.16. The fourth-order valence-electron chi connectivity index (χ4n) is 2.93. The average molecular weight is 286 g/mol. The topological polar surface area (TPSA) is 54.2 Å². The van der Waals surface area contributed by atoms with E-state index in [0.717, 1.165) is 12.0 Å². The average Bonchev–Trinajstić information content (AvgIpc) is 2.97. The van der Waals surface area contributed by atoms with Crippen LogP contribution < -0.4 is 5.32 Å². The molecule has 112 valence electrons. The molecule has 1 aromatic carbocycles. The Balaban J connectivity index is 1.65. The first-order chi connectivity index (χ1) is 10.2. The van der Waals surface area contributed by atoms with E-state index in [2.05, 4.69) is 34.5 Å². The van der Waals surface area contributed by atoms with E-state index in [-0.39, 0.29) is 0 Å². The van der Waals surface area contributed by atoms with Gasteiger partial charge in [0.25, 0.3) is 11.8 Å². The zero-order valence-corrected chi connectivity index (χ0v) is 12.6. The van der Waals surface area contributed by atoms with Gasteiger partial charge in [0.2, 0.25) is 0 Å². The maximum absolute atomic E-state index is 5.33. The Labute approximate surface area is 125 Å². The van der Waals surface area contributed by atoms with E-state index in [1.807, 2.05) is 30.3 Å². The van der Waals surface area contributed by atoms with Gasteiger partial charge in [0.15, 0.2) is 0 Å². The number of aromatic nitrogens is 2. The van der Waals surface area contributed by atoms with E-state index >= 15 is 0 Å². The van der Waals surface area contributed by atoms with Gasteiger partial charge in [0.05, 0.1) is 0 Å². The lowest BCUT2D eigenvalue weighted by Gasteiger charge is -2.33. The van der Waals surface area contributed by atoms with E-state index in [1.54, 1.807) is 0 Å². The highest BCUT2D eigenvalue weighted by Crippen LogP contribution is 2.25. The normalized spacial score (nSPS) is 22.4. The van der Waals surface area contributed by atoms with E-state index in [0.29, 0.717) is 23.9 Å². The molecule has 0 aliphatic heterocycles. The van der Waals surface area contributed by atoms with Crippen molar-refractivity contribution in [1.82, 2.24) is 15.0 Å². The molecular weight excluding hydrogens is 264 g/mol. The van der Waals surface area contributed by atoms with Gasteiger partial charge in [-0.3, -0.25) is 0 Å². The van der Waals surface area contributed by atoms with Crippen molar-refractivity contribution in [2.45, 2.75) is 37.8 Å². The molecule has 1 fully saturated rings. The van der Waals surface area contributed by atoms with Crippen LogP contribution in [0, 0.1) is 0 Å². The fraction of sp³-hybridized carbons (Fsp3) is 0.500. The van der Waals surface area contributed by atoms with Crippen LogP contribution in [0.3, 0.4) is 0 Å². The quantitative estimate of drug-likeness (QED) is 0.936. The van der Waals surface area contributed by atoms with E-state index in [1.165, 1.54) is 19.3 Å². The summed E-state index contributed by atoms with van der Waals surface area (Å²) in [6.07, 6.45) is 4.80. The molecule has 0 spiro atoms. The second-order valence-corrected chi connectivity index (χ2v) is 5.91. The van der Waals surface area contributed by atoms with Crippen molar-refractivity contribution in [2.75, 3.05) is 19.4 Å². The van der Waals surface area contributed by atoms with Gasteiger partial charge in [-0.15, -0.1) is 0 Å². The molecule has 1 aliphatic carbocycles. The molecule has 2 aromatic rings. The van der Waals surface area contributed by atoms with Gasteiger partial charge in [-0.2, -0.15) is 4.98 Å². The van der Waals surface area contributed by atoms with Gasteiger partial charge in [-0.25, -0.2) is 0 Å². The Morgan fingerprint density at radius 2 is 2.00 bits per heavy atom. The van der Waals surface area contributed by atoms with Crippen LogP contribution in [0.2, 0.25) is 0 Å². The van der Waals surface area contributed by atoms with Crippen LogP contribution >= 0.6 is 0 Å². The van der Waals surface area contributed by atoms with Crippen molar-refractivity contribution in [3.8, 4) is 11.5 Å². The number of rotatable bonds is 4. The Morgan fingerprint density at radius 1 is 1.19 bits per heavy atom. The van der Waals surface area contributed by atoms with Crippen LogP contribution in [0.1, 0.15) is 25.7 Å². The first-order valence-electron chi connectivity index (χ1n) is 7.54. The maximum Gasteiger partial charge on any atom is 0.263 e. The van der Waals surface area contributed by atoms with Crippen LogP contribution in [0.5, 0.6) is 0 Å². The summed E-state index contributed by atoms with van der Waals surface area (Å²) in [6, 6.07) is 10.9. The molecule has 2 unspecified atom stereocenters. The predicted octanol–water partition coefficient (Wildman–Crippen LogP) is 3.02. The highest BCUT2D eigenvalue weighted by Gasteiger charge is 2.24. The number of hydrogen-bond donors (Lipinski definition) is 1. The van der Waals surface area contributed by atoms with Crippen molar-refractivity contribution in [3.63, 3.8) is 0 Å². The number of hydrogen-bond acceptors (Lipinski definition) is 5. The number of nitrogens with one attached hydrogen (secondary N) is 1. The summed E-state index contributed by atoms with van der Waals surface area (Å²) in [4.78, 5) is 6.75. The second-order valence-electron chi connectivity index (χ2n) is 5.91. The number of nitrogens with zero attached hydrogens (tertiary/aromatic N) is 3. The standard InChI is InChI=1S/C16H22N4O/c1-20(2)14-10-6-9-13(11-14)17-16-18-15(21-19-16)12-7-4-3-5-8-12/h3-5,7-8,13-14H,6,9-11H2,1-2H3,(H,17,19). The molecule has 1 N–H and O–H groups in total. The van der Waals surface area contributed by atoms with Crippen molar-refractivity contribution in [3.05, 3.63) is 30.3 Å². The summed E-state index contributed by atoms with van der Waals surface area (Å²) >= 11 is 0. The molecule has 0 radical (unpaired) electrons. The SMILES string of the molecule is CN(C)C1CCCC(Nc2noc(-c3ccccc3)n2)C1. The van der Waals surface area contributed by atoms with Crippen molar-refractivity contribution < 1.29 is 4.52 Å². The van der Waals surface area contributed by atoms with Gasteiger partial charge in [0, 0.05) is 17.6 Å². The Hall–Kier alpha value is -1.88. The third kappa shape index (κ3) is 3.42. The van der Waals surface area contributed by atoms with Gasteiger partial charge >= 0.3 is 0 Å². The lowest BCUT2D eigenvalue weighted by atomic mass is 9.90. The molecule has 3 rings (SSSR count). The summed E-state index contributed by atoms with van der Waals surface area (Å²) in [7, 11) is 4.30. The number of benzene rings is 1. The van der Waals surface area contributed by atoms with Crippen molar-refractivity contribution in [1.29, 1.82) is 0 Å². The summed E-state index contributed by atoms with van der Waals surface area (Å²) < 4.78 is 5.33. The van der Waals surface area contributed by atoms with Crippen LogP contribution in [-0.2, 0) is 0 Å². The minimum absolute atomic E-state index is 0.423. The smallest absolute Gasteiger partial charge is 0.263 e. The first-order valence-corrected chi connectivity index (χ1v) is 7.54. The third-order valence-corrected chi connectivity index (χ3v) is 4.16. The van der Waals surface area contributed by atoms with Crippen LogP contribution in [0.25, 0.3) is 11.5 Å². The summed E-state index contributed by atoms with van der Waals surface area (Å²) in [5.41, 5.74) is 0.952. The van der Waals surface area contributed by atoms with Gasteiger partial charge < -0.3 is 14.7 Å². The molecule has 5 heteroatoms. The molecule has 5 nitrogen and oxygen atoms in total. The molecule has 2 atom stereocenters. The maximum atomic E-state index is 5.33. The van der Waals surface area contributed by atoms with Crippen molar-refractivity contribution in [2.24, 2.45) is 0 Å². The molecule has 1 aromatic heterocycles. The molecule has 0 amide bonds. The molecule has 1 aliphatic rings. The highest BCUT2D eigenvalue weighted by molar-refractivity contribution is 5.53. The monoisotopic (exact) mass is 286 g/mol. The molecular formula is C16H22N4O. The second kappa shape index (κ2) is 6.26. The largest absolute Gasteiger partial charge is 0.349 e. The first kappa shape index (κ1) is 14.1.